The van der Waals surface area contributed by atoms with Gasteiger partial charge in [0, 0.05) is 74.2 Å². The lowest BCUT2D eigenvalue weighted by atomic mass is 10.0. The Morgan fingerprint density at radius 3 is 1.38 bits per heavy atom. The molecule has 0 saturated heterocycles. The predicted molar refractivity (Wildman–Crippen MR) is 225 cm³/mol. The molecule has 52 heavy (non-hydrogen) atoms. The molecule has 8 aromatic carbocycles. The van der Waals surface area contributed by atoms with E-state index in [1.165, 1.54) is 62.6 Å². The first-order valence-electron chi connectivity index (χ1n) is 17.5. The molecule has 244 valence electrons. The van der Waals surface area contributed by atoms with E-state index in [9.17, 15) is 0 Å². The molecule has 4 heteroatoms. The monoisotopic (exact) mass is 699 g/mol. The predicted octanol–water partition coefficient (Wildman–Crippen LogP) is 15.1. The second kappa shape index (κ2) is 11.7. The van der Waals surface area contributed by atoms with E-state index in [0.717, 1.165) is 39.0 Å². The first-order chi connectivity index (χ1) is 25.8. The van der Waals surface area contributed by atoms with E-state index in [0.29, 0.717) is 0 Å². The van der Waals surface area contributed by atoms with Crippen LogP contribution in [0.4, 0.5) is 17.1 Å². The average molecular weight is 700 g/mol. The summed E-state index contributed by atoms with van der Waals surface area (Å²) in [5.41, 5.74) is 9.95. The molecule has 11 rings (SSSR count). The lowest BCUT2D eigenvalue weighted by Crippen LogP contribution is -2.09. The Morgan fingerprint density at radius 1 is 0.346 bits per heavy atom. The van der Waals surface area contributed by atoms with Crippen LogP contribution >= 0.6 is 22.7 Å². The molecule has 3 aromatic heterocycles. The Labute approximate surface area is 308 Å². The molecule has 0 atom stereocenters. The van der Waals surface area contributed by atoms with Crippen molar-refractivity contribution in [2.75, 3.05) is 4.90 Å². The number of para-hydroxylation sites is 1. The summed E-state index contributed by atoms with van der Waals surface area (Å²) in [6.45, 7) is 0. The zero-order chi connectivity index (χ0) is 34.2. The van der Waals surface area contributed by atoms with Crippen LogP contribution in [0.1, 0.15) is 0 Å². The minimum absolute atomic E-state index is 0.879. The molecule has 0 fully saturated rings. The van der Waals surface area contributed by atoms with Gasteiger partial charge in [-0.1, -0.05) is 115 Å². The molecule has 0 bridgehead atoms. The quantitative estimate of drug-likeness (QED) is 0.178. The summed E-state index contributed by atoms with van der Waals surface area (Å²) in [7, 11) is 0. The van der Waals surface area contributed by atoms with E-state index < -0.39 is 0 Å². The molecule has 0 unspecified atom stereocenters. The molecule has 0 aliphatic carbocycles. The first kappa shape index (κ1) is 29.5. The number of benzene rings is 8. The van der Waals surface area contributed by atoms with Crippen LogP contribution in [-0.2, 0) is 0 Å². The van der Waals surface area contributed by atoms with Crippen LogP contribution in [0, 0.1) is 0 Å². The number of nitrogens with zero attached hydrogens (tertiary/aromatic N) is 1. The summed E-state index contributed by atoms with van der Waals surface area (Å²) in [6, 6.07) is 63.6. The average Bonchev–Trinajstić information content (AvgIpc) is 3.90. The molecule has 3 heterocycles. The zero-order valence-electron chi connectivity index (χ0n) is 27.9. The van der Waals surface area contributed by atoms with Gasteiger partial charge in [-0.2, -0.15) is 0 Å². The smallest absolute Gasteiger partial charge is 0.137 e. The molecule has 2 nitrogen and oxygen atoms in total. The highest BCUT2D eigenvalue weighted by Gasteiger charge is 2.18. The van der Waals surface area contributed by atoms with Gasteiger partial charge in [-0.25, -0.2) is 0 Å². The van der Waals surface area contributed by atoms with Gasteiger partial charge >= 0.3 is 0 Å². The normalized spacial score (nSPS) is 11.8. The SMILES string of the molecule is c1ccc2c(c1)oc1cc(N(c3ccc(-c4cccc5c4sc4ccccc45)cc3)c3ccc(-c4cccc5c4sc4ccccc45)cc3)ccc12. The van der Waals surface area contributed by atoms with Gasteiger partial charge in [0.05, 0.1) is 0 Å². The maximum atomic E-state index is 6.38. The molecule has 0 saturated carbocycles. The third-order valence-corrected chi connectivity index (χ3v) is 12.7. The maximum Gasteiger partial charge on any atom is 0.137 e. The van der Waals surface area contributed by atoms with Crippen molar-refractivity contribution in [3.63, 3.8) is 0 Å². The molecule has 0 amide bonds. The van der Waals surface area contributed by atoms with Crippen LogP contribution in [0.2, 0.25) is 0 Å². The van der Waals surface area contributed by atoms with Gasteiger partial charge in [0.1, 0.15) is 11.2 Å². The molecule has 0 radical (unpaired) electrons. The number of anilines is 3. The standard InChI is InChI=1S/C48H29NOS2/c1-4-16-43-37(9-1)38-28-27-34(29-44(38)50-43)49(32-23-19-30(20-24-32)35-12-7-14-41-39-10-2-5-17-45(39)51-47(35)41)33-25-21-31(22-26-33)36-13-8-15-42-40-11-3-6-18-46(40)52-48(36)42/h1-29H. The van der Waals surface area contributed by atoms with Crippen molar-refractivity contribution in [3.8, 4) is 22.3 Å². The van der Waals surface area contributed by atoms with E-state index in [4.69, 9.17) is 4.42 Å². The zero-order valence-corrected chi connectivity index (χ0v) is 29.5. The highest BCUT2D eigenvalue weighted by Crippen LogP contribution is 2.44. The van der Waals surface area contributed by atoms with Gasteiger partial charge in [-0.05, 0) is 76.9 Å². The topological polar surface area (TPSA) is 16.4 Å². The Hall–Kier alpha value is -6.20. The third-order valence-electron chi connectivity index (χ3n) is 10.3. The second-order valence-corrected chi connectivity index (χ2v) is 15.4. The van der Waals surface area contributed by atoms with E-state index >= 15 is 0 Å². The molecule has 0 N–H and O–H groups in total. The van der Waals surface area contributed by atoms with Crippen LogP contribution in [0.5, 0.6) is 0 Å². The maximum absolute atomic E-state index is 6.38. The summed E-state index contributed by atoms with van der Waals surface area (Å²) < 4.78 is 11.7. The molecule has 0 aliphatic heterocycles. The van der Waals surface area contributed by atoms with Crippen molar-refractivity contribution < 1.29 is 4.42 Å². The van der Waals surface area contributed by atoms with Crippen LogP contribution in [0.25, 0.3) is 84.5 Å². The van der Waals surface area contributed by atoms with Gasteiger partial charge in [0.15, 0.2) is 0 Å². The van der Waals surface area contributed by atoms with Gasteiger partial charge in [-0.15, -0.1) is 22.7 Å². The number of hydrogen-bond acceptors (Lipinski definition) is 4. The Kier molecular flexibility index (Phi) is 6.63. The van der Waals surface area contributed by atoms with Crippen LogP contribution in [0.3, 0.4) is 0 Å². The van der Waals surface area contributed by atoms with E-state index in [-0.39, 0.29) is 0 Å². The highest BCUT2D eigenvalue weighted by atomic mass is 32.1. The van der Waals surface area contributed by atoms with Crippen LogP contribution < -0.4 is 4.90 Å². The summed E-state index contributed by atoms with van der Waals surface area (Å²) in [6.07, 6.45) is 0. The number of rotatable bonds is 5. The Bertz CT molecular complexity index is 2970. The number of fused-ring (bicyclic) bond motifs is 9. The van der Waals surface area contributed by atoms with Gasteiger partial charge in [0.2, 0.25) is 0 Å². The van der Waals surface area contributed by atoms with Gasteiger partial charge in [-0.3, -0.25) is 0 Å². The van der Waals surface area contributed by atoms with Crippen molar-refractivity contribution in [3.05, 3.63) is 176 Å². The fourth-order valence-electron chi connectivity index (χ4n) is 7.83. The van der Waals surface area contributed by atoms with Crippen molar-refractivity contribution in [1.82, 2.24) is 0 Å². The minimum Gasteiger partial charge on any atom is -0.456 e. The Morgan fingerprint density at radius 2 is 0.808 bits per heavy atom. The minimum atomic E-state index is 0.879. The number of thiophene rings is 2. The number of hydrogen-bond donors (Lipinski definition) is 0. The molecule has 11 aromatic rings. The third kappa shape index (κ3) is 4.62. The van der Waals surface area contributed by atoms with Crippen molar-refractivity contribution >= 4 is 102 Å². The lowest BCUT2D eigenvalue weighted by Gasteiger charge is -2.26. The van der Waals surface area contributed by atoms with Crippen LogP contribution in [0.15, 0.2) is 180 Å². The van der Waals surface area contributed by atoms with Crippen molar-refractivity contribution in [1.29, 1.82) is 0 Å². The Balaban J connectivity index is 1.03. The van der Waals surface area contributed by atoms with Gasteiger partial charge in [0.25, 0.3) is 0 Å². The highest BCUT2D eigenvalue weighted by molar-refractivity contribution is 7.26. The summed E-state index contributed by atoms with van der Waals surface area (Å²) >= 11 is 3.74. The lowest BCUT2D eigenvalue weighted by molar-refractivity contribution is 0.669. The van der Waals surface area contributed by atoms with Gasteiger partial charge < -0.3 is 9.32 Å². The second-order valence-electron chi connectivity index (χ2n) is 13.3. The molecule has 0 spiro atoms. The largest absolute Gasteiger partial charge is 0.456 e. The van der Waals surface area contributed by atoms with Crippen LogP contribution in [-0.4, -0.2) is 0 Å². The molecular formula is C48H29NOS2. The van der Waals surface area contributed by atoms with Crippen molar-refractivity contribution in [2.24, 2.45) is 0 Å². The first-order valence-corrected chi connectivity index (χ1v) is 19.1. The summed E-state index contributed by atoms with van der Waals surface area (Å²) in [5.74, 6) is 0. The summed E-state index contributed by atoms with van der Waals surface area (Å²) in [4.78, 5) is 2.33. The van der Waals surface area contributed by atoms with E-state index in [2.05, 4.69) is 169 Å². The molecule has 0 aliphatic rings. The van der Waals surface area contributed by atoms with E-state index in [1.807, 2.05) is 34.8 Å². The number of furan rings is 1. The summed E-state index contributed by atoms with van der Waals surface area (Å²) in [5, 5.41) is 7.53. The van der Waals surface area contributed by atoms with Crippen molar-refractivity contribution in [2.45, 2.75) is 0 Å². The van der Waals surface area contributed by atoms with E-state index in [1.54, 1.807) is 0 Å². The fourth-order valence-corrected chi connectivity index (χ4v) is 10.3. The fraction of sp³-hybridized carbons (Fsp3) is 0. The molecular weight excluding hydrogens is 671 g/mol.